The zero-order valence-electron chi connectivity index (χ0n) is 11.8. The van der Waals surface area contributed by atoms with Crippen LogP contribution in [0.15, 0.2) is 30.3 Å². The van der Waals surface area contributed by atoms with Gasteiger partial charge in [-0.2, -0.15) is 0 Å². The molecule has 7 nitrogen and oxygen atoms in total. The number of aliphatic hydroxyl groups excluding tert-OH is 2. The Balaban J connectivity index is 1.59. The number of rotatable bonds is 2. The number of esters is 1. The molecule has 3 saturated heterocycles. The minimum absolute atomic E-state index is 0.378. The Morgan fingerprint density at radius 1 is 1.05 bits per heavy atom. The third-order valence-corrected chi connectivity index (χ3v) is 4.30. The predicted molar refractivity (Wildman–Crippen MR) is 70.7 cm³/mol. The summed E-state index contributed by atoms with van der Waals surface area (Å²) in [6, 6.07) is 8.48. The molecule has 2 N–H and O–H groups in total. The maximum atomic E-state index is 12.2. The van der Waals surface area contributed by atoms with E-state index in [-0.39, 0.29) is 0 Å². The van der Waals surface area contributed by atoms with Crippen molar-refractivity contribution in [1.29, 1.82) is 0 Å². The van der Waals surface area contributed by atoms with E-state index in [9.17, 15) is 15.0 Å². The van der Waals surface area contributed by atoms with E-state index in [1.54, 1.807) is 37.3 Å². The van der Waals surface area contributed by atoms with Gasteiger partial charge in [0.1, 0.15) is 30.5 Å². The monoisotopic (exact) mass is 308 g/mol. The first kappa shape index (κ1) is 14.1. The van der Waals surface area contributed by atoms with Crippen molar-refractivity contribution >= 4 is 5.97 Å². The highest BCUT2D eigenvalue weighted by Gasteiger charge is 2.66. The molecule has 7 heteroatoms. The predicted octanol–water partition coefficient (Wildman–Crippen LogP) is -0.196. The van der Waals surface area contributed by atoms with Gasteiger partial charge >= 0.3 is 5.97 Å². The van der Waals surface area contributed by atoms with Crippen molar-refractivity contribution < 1.29 is 34.0 Å². The summed E-state index contributed by atoms with van der Waals surface area (Å²) in [5, 5.41) is 20.4. The first-order chi connectivity index (χ1) is 10.5. The Hall–Kier alpha value is -1.51. The lowest BCUT2D eigenvalue weighted by Crippen LogP contribution is -2.78. The number of hydrogen-bond donors (Lipinski definition) is 2. The maximum absolute atomic E-state index is 12.2. The van der Waals surface area contributed by atoms with Crippen molar-refractivity contribution in [2.24, 2.45) is 0 Å². The second kappa shape index (κ2) is 4.74. The molecule has 3 heterocycles. The number of hydrogen-bond acceptors (Lipinski definition) is 7. The molecule has 5 rings (SSSR count). The third kappa shape index (κ3) is 1.98. The third-order valence-electron chi connectivity index (χ3n) is 4.30. The summed E-state index contributed by atoms with van der Waals surface area (Å²) in [6.45, 7) is 1.56. The molecule has 0 amide bonds. The second-order valence-corrected chi connectivity index (χ2v) is 5.83. The Labute approximate surface area is 126 Å². The number of aliphatic hydroxyl groups is 2. The van der Waals surface area contributed by atoms with Crippen molar-refractivity contribution in [3.63, 3.8) is 0 Å². The fourth-order valence-electron chi connectivity index (χ4n) is 3.29. The minimum atomic E-state index is -1.33. The van der Waals surface area contributed by atoms with Gasteiger partial charge in [0.15, 0.2) is 6.10 Å². The number of benzene rings is 1. The molecule has 0 spiro atoms. The highest BCUT2D eigenvalue weighted by molar-refractivity contribution is 5.89. The number of carbonyl (C=O) groups excluding carboxylic acids is 1. The number of carbonyl (C=O) groups is 1. The summed E-state index contributed by atoms with van der Waals surface area (Å²) in [5.41, 5.74) is 0.378. The molecule has 1 aromatic rings. The summed E-state index contributed by atoms with van der Waals surface area (Å²) in [5.74, 6) is -1.88. The molecule has 4 fully saturated rings. The summed E-state index contributed by atoms with van der Waals surface area (Å²) >= 11 is 0. The van der Waals surface area contributed by atoms with Crippen LogP contribution in [-0.4, -0.2) is 58.8 Å². The quantitative estimate of drug-likeness (QED) is 0.731. The number of ether oxygens (including phenoxy) is 4. The Kier molecular flexibility index (Phi) is 3.04. The lowest BCUT2D eigenvalue weighted by molar-refractivity contribution is -0.530. The van der Waals surface area contributed by atoms with Gasteiger partial charge in [0, 0.05) is 6.92 Å². The van der Waals surface area contributed by atoms with E-state index in [0.717, 1.165) is 0 Å². The van der Waals surface area contributed by atoms with Crippen LogP contribution >= 0.6 is 0 Å². The molecule has 1 saturated carbocycles. The fourth-order valence-corrected chi connectivity index (χ4v) is 3.29. The lowest BCUT2D eigenvalue weighted by atomic mass is 9.82. The van der Waals surface area contributed by atoms with Crippen LogP contribution < -0.4 is 0 Å². The van der Waals surface area contributed by atoms with Gasteiger partial charge in [-0.25, -0.2) is 4.79 Å². The molecule has 118 valence electrons. The van der Waals surface area contributed by atoms with Crippen LogP contribution in [0.25, 0.3) is 0 Å². The molecule has 0 radical (unpaired) electrons. The molecule has 0 aromatic heterocycles. The van der Waals surface area contributed by atoms with Gasteiger partial charge in [-0.3, -0.25) is 0 Å². The van der Waals surface area contributed by atoms with Crippen LogP contribution in [0.1, 0.15) is 17.3 Å². The van der Waals surface area contributed by atoms with Gasteiger partial charge in [-0.1, -0.05) is 18.2 Å². The van der Waals surface area contributed by atoms with Crippen molar-refractivity contribution in [1.82, 2.24) is 0 Å². The normalized spacial score (nSPS) is 45.8. The molecule has 22 heavy (non-hydrogen) atoms. The molecule has 1 aliphatic carbocycles. The molecule has 3 aliphatic heterocycles. The smallest absolute Gasteiger partial charge is 0.338 e. The second-order valence-electron chi connectivity index (χ2n) is 5.83. The van der Waals surface area contributed by atoms with Gasteiger partial charge in [-0.05, 0) is 12.1 Å². The summed E-state index contributed by atoms with van der Waals surface area (Å²) in [4.78, 5) is 12.2. The highest BCUT2D eigenvalue weighted by Crippen LogP contribution is 2.46. The first-order valence-corrected chi connectivity index (χ1v) is 7.14. The molecule has 3 unspecified atom stereocenters. The SMILES string of the molecule is CC12OC3[C@@H](O)[C@@H](O1)C(OC(=O)c1ccccc1)[C@@H](O2)[C@H]3O. The zero-order chi connectivity index (χ0) is 15.5. The van der Waals surface area contributed by atoms with Crippen molar-refractivity contribution in [3.8, 4) is 0 Å². The van der Waals surface area contributed by atoms with Crippen LogP contribution in [0.2, 0.25) is 0 Å². The average Bonchev–Trinajstić information content (AvgIpc) is 2.52. The van der Waals surface area contributed by atoms with Crippen molar-refractivity contribution in [3.05, 3.63) is 35.9 Å². The van der Waals surface area contributed by atoms with Crippen LogP contribution in [-0.2, 0) is 18.9 Å². The topological polar surface area (TPSA) is 94.5 Å². The van der Waals surface area contributed by atoms with Gasteiger partial charge in [-0.15, -0.1) is 0 Å². The average molecular weight is 308 g/mol. The molecule has 4 bridgehead atoms. The van der Waals surface area contributed by atoms with Gasteiger partial charge < -0.3 is 29.2 Å². The van der Waals surface area contributed by atoms with Crippen molar-refractivity contribution in [2.45, 2.75) is 49.5 Å². The Morgan fingerprint density at radius 2 is 1.59 bits per heavy atom. The Bertz CT molecular complexity index is 569. The standard InChI is InChI=1S/C15H16O7/c1-15-20-10-8(16)11(21-15)13(12(22-15)9(10)17)19-14(18)7-5-3-2-4-6-7/h2-6,8-13,16-17H,1H3/t8-,9+,10?,11-,12+,13?,15?. The lowest BCUT2D eigenvalue weighted by Gasteiger charge is -2.60. The van der Waals surface area contributed by atoms with E-state index < -0.39 is 48.6 Å². The van der Waals surface area contributed by atoms with Crippen LogP contribution in [0.5, 0.6) is 0 Å². The maximum Gasteiger partial charge on any atom is 0.338 e. The Morgan fingerprint density at radius 3 is 2.18 bits per heavy atom. The van der Waals surface area contributed by atoms with E-state index in [1.165, 1.54) is 0 Å². The minimum Gasteiger partial charge on any atom is -0.453 e. The zero-order valence-corrected chi connectivity index (χ0v) is 11.8. The van der Waals surface area contributed by atoms with Crippen molar-refractivity contribution in [2.75, 3.05) is 0 Å². The van der Waals surface area contributed by atoms with E-state index in [4.69, 9.17) is 18.9 Å². The van der Waals surface area contributed by atoms with E-state index in [1.807, 2.05) is 0 Å². The molecular formula is C15H16O7. The van der Waals surface area contributed by atoms with Gasteiger partial charge in [0.2, 0.25) is 0 Å². The molecule has 1 aromatic carbocycles. The van der Waals surface area contributed by atoms with Crippen LogP contribution in [0.3, 0.4) is 0 Å². The largest absolute Gasteiger partial charge is 0.453 e. The molecular weight excluding hydrogens is 292 g/mol. The first-order valence-electron chi connectivity index (χ1n) is 7.14. The van der Waals surface area contributed by atoms with E-state index >= 15 is 0 Å². The molecule has 4 aliphatic rings. The van der Waals surface area contributed by atoms with Crippen LogP contribution in [0.4, 0.5) is 0 Å². The fraction of sp³-hybridized carbons (Fsp3) is 0.533. The summed E-state index contributed by atoms with van der Waals surface area (Å²) in [7, 11) is 0. The summed E-state index contributed by atoms with van der Waals surface area (Å²) < 4.78 is 21.9. The van der Waals surface area contributed by atoms with E-state index in [0.29, 0.717) is 5.56 Å². The van der Waals surface area contributed by atoms with Gasteiger partial charge in [0.25, 0.3) is 5.97 Å². The van der Waals surface area contributed by atoms with Crippen LogP contribution in [0, 0.1) is 0 Å². The van der Waals surface area contributed by atoms with E-state index in [2.05, 4.69) is 0 Å². The van der Waals surface area contributed by atoms with Gasteiger partial charge in [0.05, 0.1) is 5.56 Å². The highest BCUT2D eigenvalue weighted by atomic mass is 16.9. The molecule has 7 atom stereocenters. The summed E-state index contributed by atoms with van der Waals surface area (Å²) in [6.07, 6.45) is -5.47.